The molecular formula is C16H25F2N3O4. The Kier molecular flexibility index (Phi) is 6.12. The number of carbonyl (C=O) groups is 1. The van der Waals surface area contributed by atoms with Crippen LogP contribution in [-0.4, -0.2) is 71.6 Å². The third kappa shape index (κ3) is 4.34. The molecule has 2 atom stereocenters. The minimum atomic E-state index is -3.36. The Morgan fingerprint density at radius 3 is 2.80 bits per heavy atom. The van der Waals surface area contributed by atoms with Gasteiger partial charge in [0, 0.05) is 26.1 Å². The van der Waals surface area contributed by atoms with Gasteiger partial charge in [-0.3, -0.25) is 9.48 Å². The second kappa shape index (κ2) is 7.76. The summed E-state index contributed by atoms with van der Waals surface area (Å²) < 4.78 is 39.2. The van der Waals surface area contributed by atoms with Crippen molar-refractivity contribution in [1.29, 1.82) is 0 Å². The monoisotopic (exact) mass is 361 g/mol. The number of hydrogen-bond acceptors (Lipinski definition) is 5. The molecule has 0 saturated heterocycles. The smallest absolute Gasteiger partial charge is 0.287 e. The third-order valence-electron chi connectivity index (χ3n) is 4.15. The molecule has 0 bridgehead atoms. The molecule has 0 fully saturated rings. The average Bonchev–Trinajstić information content (AvgIpc) is 2.90. The van der Waals surface area contributed by atoms with Crippen molar-refractivity contribution in [3.63, 3.8) is 0 Å². The Balaban J connectivity index is 2.38. The van der Waals surface area contributed by atoms with Crippen LogP contribution in [0.3, 0.4) is 0 Å². The maximum atomic E-state index is 13.5. The number of rotatable bonds is 7. The van der Waals surface area contributed by atoms with Gasteiger partial charge in [-0.15, -0.1) is 0 Å². The van der Waals surface area contributed by atoms with Gasteiger partial charge in [-0.1, -0.05) is 0 Å². The number of methoxy groups -OCH3 is 1. The van der Waals surface area contributed by atoms with E-state index in [9.17, 15) is 13.6 Å². The summed E-state index contributed by atoms with van der Waals surface area (Å²) in [4.78, 5) is 13.8. The van der Waals surface area contributed by atoms with Crippen LogP contribution in [0.1, 0.15) is 41.7 Å². The van der Waals surface area contributed by atoms with Crippen molar-refractivity contribution < 1.29 is 28.2 Å². The number of fused-ring (bicyclic) bond motifs is 1. The van der Waals surface area contributed by atoms with Crippen molar-refractivity contribution >= 4 is 5.91 Å². The summed E-state index contributed by atoms with van der Waals surface area (Å²) in [7, 11) is 2.82. The van der Waals surface area contributed by atoms with E-state index in [4.69, 9.17) is 14.6 Å². The third-order valence-corrected chi connectivity index (χ3v) is 4.15. The molecule has 0 spiro atoms. The lowest BCUT2D eigenvalue weighted by Gasteiger charge is -2.26. The number of carbonyl (C=O) groups excluding carboxylic acids is 1. The lowest BCUT2D eigenvalue weighted by atomic mass is 9.99. The van der Waals surface area contributed by atoms with Crippen molar-refractivity contribution in [3.05, 3.63) is 17.0 Å². The van der Waals surface area contributed by atoms with Crippen LogP contribution in [0, 0.1) is 0 Å². The Hall–Kier alpha value is -1.58. The predicted molar refractivity (Wildman–Crippen MR) is 85.8 cm³/mol. The first kappa shape index (κ1) is 19.7. The zero-order chi connectivity index (χ0) is 18.8. The minimum absolute atomic E-state index is 0.0988. The Bertz CT molecular complexity index is 621. The van der Waals surface area contributed by atoms with Crippen molar-refractivity contribution in [1.82, 2.24) is 14.7 Å². The quantitative estimate of drug-likeness (QED) is 0.791. The van der Waals surface area contributed by atoms with E-state index in [2.05, 4.69) is 5.10 Å². The second-order valence-corrected chi connectivity index (χ2v) is 6.40. The summed E-state index contributed by atoms with van der Waals surface area (Å²) in [6, 6.07) is 0. The molecule has 2 heterocycles. The first-order chi connectivity index (χ1) is 11.7. The van der Waals surface area contributed by atoms with Crippen molar-refractivity contribution in [3.8, 4) is 0 Å². The first-order valence-electron chi connectivity index (χ1n) is 8.18. The van der Waals surface area contributed by atoms with Crippen LogP contribution in [0.5, 0.6) is 0 Å². The number of amides is 1. The van der Waals surface area contributed by atoms with Crippen LogP contribution >= 0.6 is 0 Å². The maximum Gasteiger partial charge on any atom is 0.287 e. The normalized spacial score (nSPS) is 20.4. The largest absolute Gasteiger partial charge is 0.390 e. The topological polar surface area (TPSA) is 76.8 Å². The lowest BCUT2D eigenvalue weighted by Crippen LogP contribution is -2.41. The summed E-state index contributed by atoms with van der Waals surface area (Å²) >= 11 is 0. The fourth-order valence-electron chi connectivity index (χ4n) is 3.02. The highest BCUT2D eigenvalue weighted by atomic mass is 19.3. The van der Waals surface area contributed by atoms with E-state index in [1.165, 1.54) is 18.8 Å². The summed E-state index contributed by atoms with van der Waals surface area (Å²) in [5, 5.41) is 13.2. The molecule has 1 aromatic heterocycles. The Morgan fingerprint density at radius 1 is 1.52 bits per heavy atom. The summed E-state index contributed by atoms with van der Waals surface area (Å²) in [6.07, 6.45) is 0.106. The highest BCUT2D eigenvalue weighted by molar-refractivity contribution is 5.94. The molecule has 1 aromatic rings. The first-order valence-corrected chi connectivity index (χ1v) is 8.18. The Labute approximate surface area is 145 Å². The van der Waals surface area contributed by atoms with Crippen LogP contribution in [0.4, 0.5) is 8.78 Å². The Morgan fingerprint density at radius 2 is 2.20 bits per heavy atom. The van der Waals surface area contributed by atoms with E-state index < -0.39 is 25.0 Å². The summed E-state index contributed by atoms with van der Waals surface area (Å²) in [6.45, 7) is 2.23. The van der Waals surface area contributed by atoms with E-state index in [1.807, 2.05) is 13.8 Å². The molecule has 0 radical (unpaired) electrons. The summed E-state index contributed by atoms with van der Waals surface area (Å²) in [5.41, 5.74) is 1.66. The van der Waals surface area contributed by atoms with Crippen LogP contribution in [-0.2, 0) is 22.4 Å². The van der Waals surface area contributed by atoms with E-state index in [-0.39, 0.29) is 17.9 Å². The van der Waals surface area contributed by atoms with Gasteiger partial charge in [0.15, 0.2) is 0 Å². The number of halogens is 2. The predicted octanol–water partition coefficient (Wildman–Crippen LogP) is 1.25. The fraction of sp³-hybridized carbons (Fsp3) is 0.750. The van der Waals surface area contributed by atoms with Crippen LogP contribution in [0.15, 0.2) is 0 Å². The van der Waals surface area contributed by atoms with Gasteiger partial charge < -0.3 is 19.5 Å². The molecule has 1 aliphatic heterocycles. The molecule has 0 aromatic carbocycles. The molecule has 25 heavy (non-hydrogen) atoms. The molecule has 142 valence electrons. The molecule has 0 saturated carbocycles. The molecule has 0 aliphatic carbocycles. The van der Waals surface area contributed by atoms with Gasteiger partial charge in [-0.05, 0) is 13.8 Å². The van der Waals surface area contributed by atoms with E-state index in [0.717, 1.165) is 10.5 Å². The average molecular weight is 361 g/mol. The SMILES string of the molecule is COCCn1nc2c(c1C(=O)N(C)CC(F)(F)CO)C[C@H](C)O[C@@H]2C. The van der Waals surface area contributed by atoms with Crippen LogP contribution in [0.25, 0.3) is 0 Å². The highest BCUT2D eigenvalue weighted by Crippen LogP contribution is 2.32. The van der Waals surface area contributed by atoms with Crippen LogP contribution < -0.4 is 0 Å². The van der Waals surface area contributed by atoms with Crippen molar-refractivity contribution in [2.45, 2.75) is 44.9 Å². The van der Waals surface area contributed by atoms with Gasteiger partial charge in [0.1, 0.15) is 12.3 Å². The van der Waals surface area contributed by atoms with Gasteiger partial charge in [-0.25, -0.2) is 8.78 Å². The van der Waals surface area contributed by atoms with Crippen molar-refractivity contribution in [2.24, 2.45) is 0 Å². The molecule has 1 N–H and O–H groups in total. The molecule has 1 amide bonds. The number of hydrogen-bond donors (Lipinski definition) is 1. The van der Waals surface area contributed by atoms with E-state index >= 15 is 0 Å². The zero-order valence-corrected chi connectivity index (χ0v) is 15.0. The van der Waals surface area contributed by atoms with E-state index in [0.29, 0.717) is 25.3 Å². The fourth-order valence-corrected chi connectivity index (χ4v) is 3.02. The highest BCUT2D eigenvalue weighted by Gasteiger charge is 2.36. The van der Waals surface area contributed by atoms with Gasteiger partial charge in [0.05, 0.1) is 37.6 Å². The molecule has 1 aliphatic rings. The lowest BCUT2D eigenvalue weighted by molar-refractivity contribution is -0.0644. The number of aliphatic hydroxyl groups is 1. The second-order valence-electron chi connectivity index (χ2n) is 6.40. The summed E-state index contributed by atoms with van der Waals surface area (Å²) in [5.74, 6) is -3.91. The molecule has 0 unspecified atom stereocenters. The van der Waals surface area contributed by atoms with Crippen molar-refractivity contribution in [2.75, 3.05) is 33.9 Å². The van der Waals surface area contributed by atoms with Gasteiger partial charge in [0.25, 0.3) is 11.8 Å². The molecule has 2 rings (SSSR count). The molecule has 9 heteroatoms. The van der Waals surface area contributed by atoms with Crippen LogP contribution in [0.2, 0.25) is 0 Å². The molecular weight excluding hydrogens is 336 g/mol. The van der Waals surface area contributed by atoms with Gasteiger partial charge in [0.2, 0.25) is 0 Å². The number of ether oxygens (including phenoxy) is 2. The minimum Gasteiger partial charge on any atom is -0.390 e. The maximum absolute atomic E-state index is 13.5. The molecule has 7 nitrogen and oxygen atoms in total. The number of nitrogens with zero attached hydrogens (tertiary/aromatic N) is 3. The number of aromatic nitrogens is 2. The number of aliphatic hydroxyl groups excluding tert-OH is 1. The van der Waals surface area contributed by atoms with Gasteiger partial charge in [-0.2, -0.15) is 5.10 Å². The standard InChI is InChI=1S/C16H25F2N3O4/c1-10-7-12-13(11(2)25-10)19-21(5-6-24-4)14(12)15(23)20(3)8-16(17,18)9-22/h10-11,22H,5-9H2,1-4H3/t10-,11+/m0/s1. The zero-order valence-electron chi connectivity index (χ0n) is 15.0. The van der Waals surface area contributed by atoms with E-state index in [1.54, 1.807) is 0 Å². The number of alkyl halides is 2. The van der Waals surface area contributed by atoms with Gasteiger partial charge >= 0.3 is 0 Å².